The number of piperidine rings is 1. The average molecular weight is 457 g/mol. The Hall–Kier alpha value is -4.54. The Labute approximate surface area is 194 Å². The van der Waals surface area contributed by atoms with Gasteiger partial charge < -0.3 is 20.5 Å². The maximum atomic E-state index is 13.2. The van der Waals surface area contributed by atoms with E-state index in [2.05, 4.69) is 31.9 Å². The molecule has 0 saturated carbocycles. The van der Waals surface area contributed by atoms with Gasteiger partial charge in [-0.2, -0.15) is 5.10 Å². The zero-order valence-corrected chi connectivity index (χ0v) is 18.3. The van der Waals surface area contributed by atoms with Crippen LogP contribution < -0.4 is 11.1 Å². The van der Waals surface area contributed by atoms with Crippen molar-refractivity contribution in [1.29, 1.82) is 0 Å². The minimum Gasteiger partial charge on any atom is -0.383 e. The lowest BCUT2D eigenvalue weighted by Gasteiger charge is -2.32. The molecule has 3 N–H and O–H groups in total. The highest BCUT2D eigenvalue weighted by atomic mass is 16.2. The fraction of sp³-hybridized carbons (Fsp3) is 0.217. The first-order valence-corrected chi connectivity index (χ1v) is 10.8. The largest absolute Gasteiger partial charge is 0.383 e. The number of amides is 2. The number of rotatable bonds is 5. The van der Waals surface area contributed by atoms with Crippen molar-refractivity contribution in [2.24, 2.45) is 0 Å². The van der Waals surface area contributed by atoms with Crippen LogP contribution in [0.15, 0.2) is 62.0 Å². The summed E-state index contributed by atoms with van der Waals surface area (Å²) in [5.41, 5.74) is 8.25. The van der Waals surface area contributed by atoms with Crippen LogP contribution in [0.25, 0.3) is 16.7 Å². The van der Waals surface area contributed by atoms with E-state index in [1.807, 2.05) is 22.9 Å². The molecule has 2 amide bonds. The number of carbonyl (C=O) groups is 2. The highest BCUT2D eigenvalue weighted by Gasteiger charge is 2.29. The summed E-state index contributed by atoms with van der Waals surface area (Å²) < 4.78 is 3.55. The first kappa shape index (κ1) is 21.3. The number of fused-ring (bicyclic) bond motifs is 1. The predicted molar refractivity (Wildman–Crippen MR) is 126 cm³/mol. The van der Waals surface area contributed by atoms with Crippen LogP contribution in [0.1, 0.15) is 29.4 Å². The molecule has 1 aliphatic heterocycles. The van der Waals surface area contributed by atoms with E-state index in [1.54, 1.807) is 34.2 Å². The zero-order valence-electron chi connectivity index (χ0n) is 18.3. The van der Waals surface area contributed by atoms with Crippen molar-refractivity contribution in [2.45, 2.75) is 18.9 Å². The van der Waals surface area contributed by atoms with Crippen LogP contribution in [0.2, 0.25) is 0 Å². The summed E-state index contributed by atoms with van der Waals surface area (Å²) in [4.78, 5) is 39.5. The Bertz CT molecular complexity index is 1360. The van der Waals surface area contributed by atoms with Crippen molar-refractivity contribution >= 4 is 34.4 Å². The van der Waals surface area contributed by atoms with Gasteiger partial charge in [0.1, 0.15) is 12.1 Å². The smallest absolute Gasteiger partial charge is 0.277 e. The summed E-state index contributed by atoms with van der Waals surface area (Å²) in [6.45, 7) is 4.67. The number of nitrogens with one attached hydrogen (secondary N) is 1. The summed E-state index contributed by atoms with van der Waals surface area (Å²) in [7, 11) is 0. The van der Waals surface area contributed by atoms with Crippen LogP contribution in [0, 0.1) is 0 Å². The minimum absolute atomic E-state index is 0.132. The second-order valence-electron chi connectivity index (χ2n) is 8.01. The third-order valence-corrected chi connectivity index (χ3v) is 5.89. The van der Waals surface area contributed by atoms with Crippen LogP contribution in [-0.4, -0.2) is 59.1 Å². The third-order valence-electron chi connectivity index (χ3n) is 5.89. The molecule has 4 heterocycles. The lowest BCUT2D eigenvalue weighted by molar-refractivity contribution is -0.127. The SMILES string of the molecule is C=CC(=O)N1CCCC(n2nc(C(=O)Nc3ccc(-n4ccnc4)cc3)c3c(N)ncnc32)C1. The van der Waals surface area contributed by atoms with Crippen molar-refractivity contribution < 1.29 is 9.59 Å². The number of nitrogens with zero attached hydrogens (tertiary/aromatic N) is 7. The van der Waals surface area contributed by atoms with Gasteiger partial charge in [-0.3, -0.25) is 9.59 Å². The molecule has 5 rings (SSSR count). The van der Waals surface area contributed by atoms with Crippen molar-refractivity contribution in [3.05, 3.63) is 67.7 Å². The Morgan fingerprint density at radius 1 is 1.21 bits per heavy atom. The maximum absolute atomic E-state index is 13.2. The standard InChI is InChI=1S/C23H23N9O2/c1-2-18(33)30-10-3-4-17(12-30)32-22-19(21(24)26-13-27-22)20(29-32)23(34)28-15-5-7-16(8-6-15)31-11-9-25-14-31/h2,5-9,11,13-14,17H,1,3-4,10,12H2,(H,28,34)(H2,24,26,27). The van der Waals surface area contributed by atoms with Gasteiger partial charge in [0.05, 0.1) is 17.8 Å². The van der Waals surface area contributed by atoms with E-state index in [0.29, 0.717) is 29.8 Å². The van der Waals surface area contributed by atoms with Crippen LogP contribution >= 0.6 is 0 Å². The van der Waals surface area contributed by atoms with E-state index in [0.717, 1.165) is 18.5 Å². The number of aromatic nitrogens is 6. The molecule has 1 fully saturated rings. The molecule has 11 nitrogen and oxygen atoms in total. The van der Waals surface area contributed by atoms with Crippen molar-refractivity contribution in [2.75, 3.05) is 24.1 Å². The van der Waals surface area contributed by atoms with E-state index >= 15 is 0 Å². The molecular formula is C23H23N9O2. The summed E-state index contributed by atoms with van der Waals surface area (Å²) in [5.74, 6) is -0.380. The van der Waals surface area contributed by atoms with Crippen molar-refractivity contribution in [3.8, 4) is 5.69 Å². The first-order valence-electron chi connectivity index (χ1n) is 10.8. The molecule has 0 radical (unpaired) electrons. The monoisotopic (exact) mass is 457 g/mol. The van der Waals surface area contributed by atoms with Gasteiger partial charge in [0, 0.05) is 36.9 Å². The Morgan fingerprint density at radius 2 is 2.03 bits per heavy atom. The Kier molecular flexibility index (Phi) is 5.50. The quantitative estimate of drug-likeness (QED) is 0.438. The third kappa shape index (κ3) is 3.87. The molecule has 0 spiro atoms. The topological polar surface area (TPSA) is 137 Å². The van der Waals surface area contributed by atoms with Crippen LogP contribution in [0.3, 0.4) is 0 Å². The fourth-order valence-corrected chi connectivity index (χ4v) is 4.21. The Morgan fingerprint density at radius 3 is 2.76 bits per heavy atom. The lowest BCUT2D eigenvalue weighted by Crippen LogP contribution is -2.40. The number of hydrogen-bond acceptors (Lipinski definition) is 7. The van der Waals surface area contributed by atoms with Gasteiger partial charge in [-0.25, -0.2) is 19.6 Å². The van der Waals surface area contributed by atoms with E-state index < -0.39 is 5.91 Å². The molecule has 1 atom stereocenters. The van der Waals surface area contributed by atoms with E-state index in [-0.39, 0.29) is 23.5 Å². The molecule has 1 aromatic carbocycles. The highest BCUT2D eigenvalue weighted by molar-refractivity contribution is 6.13. The fourth-order valence-electron chi connectivity index (χ4n) is 4.21. The number of nitrogens with two attached hydrogens (primary N) is 1. The average Bonchev–Trinajstić information content (AvgIpc) is 3.53. The molecular weight excluding hydrogens is 434 g/mol. The van der Waals surface area contributed by atoms with E-state index in [9.17, 15) is 9.59 Å². The maximum Gasteiger partial charge on any atom is 0.277 e. The van der Waals surface area contributed by atoms with Gasteiger partial charge in [-0.05, 0) is 43.2 Å². The van der Waals surface area contributed by atoms with Gasteiger partial charge in [-0.15, -0.1) is 0 Å². The summed E-state index contributed by atoms with van der Waals surface area (Å²) >= 11 is 0. The van der Waals surface area contributed by atoms with Gasteiger partial charge in [0.15, 0.2) is 11.3 Å². The van der Waals surface area contributed by atoms with Gasteiger partial charge >= 0.3 is 0 Å². The van der Waals surface area contributed by atoms with Crippen LogP contribution in [-0.2, 0) is 4.79 Å². The number of benzene rings is 1. The van der Waals surface area contributed by atoms with Crippen LogP contribution in [0.4, 0.5) is 11.5 Å². The van der Waals surface area contributed by atoms with E-state index in [1.165, 1.54) is 12.4 Å². The lowest BCUT2D eigenvalue weighted by atomic mass is 10.1. The summed E-state index contributed by atoms with van der Waals surface area (Å²) in [6, 6.07) is 7.20. The van der Waals surface area contributed by atoms with Gasteiger partial charge in [0.2, 0.25) is 5.91 Å². The molecule has 0 bridgehead atoms. The number of anilines is 2. The zero-order chi connectivity index (χ0) is 23.7. The number of imidazole rings is 1. The Balaban J connectivity index is 1.45. The summed E-state index contributed by atoms with van der Waals surface area (Å²) in [5, 5.41) is 7.86. The van der Waals surface area contributed by atoms with Crippen molar-refractivity contribution in [3.63, 3.8) is 0 Å². The molecule has 172 valence electrons. The molecule has 11 heteroatoms. The predicted octanol–water partition coefficient (Wildman–Crippen LogP) is 2.20. The van der Waals surface area contributed by atoms with Crippen LogP contribution in [0.5, 0.6) is 0 Å². The number of carbonyl (C=O) groups excluding carboxylic acids is 2. The normalized spacial score (nSPS) is 15.9. The molecule has 3 aromatic heterocycles. The molecule has 34 heavy (non-hydrogen) atoms. The first-order chi connectivity index (χ1) is 16.5. The second kappa shape index (κ2) is 8.77. The van der Waals surface area contributed by atoms with Gasteiger partial charge in [0.25, 0.3) is 5.91 Å². The van der Waals surface area contributed by atoms with Crippen molar-refractivity contribution in [1.82, 2.24) is 34.2 Å². The highest BCUT2D eigenvalue weighted by Crippen LogP contribution is 2.29. The number of likely N-dealkylation sites (tertiary alicyclic amines) is 1. The molecule has 0 aliphatic carbocycles. The molecule has 1 aliphatic rings. The molecule has 1 saturated heterocycles. The molecule has 4 aromatic rings. The molecule has 1 unspecified atom stereocenters. The van der Waals surface area contributed by atoms with Gasteiger partial charge in [-0.1, -0.05) is 6.58 Å². The second-order valence-corrected chi connectivity index (χ2v) is 8.01. The van der Waals surface area contributed by atoms with E-state index in [4.69, 9.17) is 5.73 Å². The number of nitrogen functional groups attached to an aromatic ring is 1. The summed E-state index contributed by atoms with van der Waals surface area (Å²) in [6.07, 6.45) is 9.48. The minimum atomic E-state index is -0.421. The number of hydrogen-bond donors (Lipinski definition) is 2.